The Kier molecular flexibility index (Phi) is 3.05. The lowest BCUT2D eigenvalue weighted by Gasteiger charge is -1.92. The third-order valence-electron chi connectivity index (χ3n) is 2.95. The van der Waals surface area contributed by atoms with Crippen LogP contribution < -0.4 is 0 Å². The van der Waals surface area contributed by atoms with Crippen LogP contribution in [-0.4, -0.2) is 10.1 Å². The topological polar surface area (TPSA) is 33.1 Å². The summed E-state index contributed by atoms with van der Waals surface area (Å²) in [6, 6.07) is 13.4. The molecule has 2 nitrogen and oxygen atoms in total. The van der Waals surface area contributed by atoms with Crippen LogP contribution in [0, 0.1) is 6.92 Å². The highest BCUT2D eigenvalue weighted by atomic mass is 32.1. The molecule has 0 fully saturated rings. The first-order chi connectivity index (χ1) is 9.22. The number of aromatic hydroxyl groups is 1. The zero-order valence-corrected chi connectivity index (χ0v) is 11.3. The van der Waals surface area contributed by atoms with Gasteiger partial charge in [0.15, 0.2) is 0 Å². The van der Waals surface area contributed by atoms with Crippen molar-refractivity contribution in [3.05, 3.63) is 58.6 Å². The number of aryl methyl sites for hydroxylation is 1. The van der Waals surface area contributed by atoms with Gasteiger partial charge in [0.1, 0.15) is 10.8 Å². The summed E-state index contributed by atoms with van der Waals surface area (Å²) in [5.74, 6) is 0.285. The van der Waals surface area contributed by atoms with Gasteiger partial charge in [-0.3, -0.25) is 0 Å². The van der Waals surface area contributed by atoms with E-state index in [9.17, 15) is 5.11 Å². The van der Waals surface area contributed by atoms with E-state index in [-0.39, 0.29) is 5.75 Å². The van der Waals surface area contributed by atoms with Gasteiger partial charge < -0.3 is 5.11 Å². The van der Waals surface area contributed by atoms with Gasteiger partial charge in [0.2, 0.25) is 0 Å². The van der Waals surface area contributed by atoms with E-state index < -0.39 is 0 Å². The normalized spacial score (nSPS) is 11.4. The molecule has 0 aliphatic carbocycles. The lowest BCUT2D eigenvalue weighted by Crippen LogP contribution is -1.75. The maximum absolute atomic E-state index is 9.23. The third-order valence-corrected chi connectivity index (χ3v) is 3.93. The summed E-state index contributed by atoms with van der Waals surface area (Å²) in [6.45, 7) is 2.08. The Morgan fingerprint density at radius 1 is 1.05 bits per heavy atom. The van der Waals surface area contributed by atoms with Gasteiger partial charge in [0.25, 0.3) is 0 Å². The maximum Gasteiger partial charge on any atom is 0.117 e. The summed E-state index contributed by atoms with van der Waals surface area (Å²) in [6.07, 6.45) is 4.02. The van der Waals surface area contributed by atoms with Gasteiger partial charge >= 0.3 is 0 Å². The van der Waals surface area contributed by atoms with E-state index in [1.807, 2.05) is 24.3 Å². The molecule has 19 heavy (non-hydrogen) atoms. The largest absolute Gasteiger partial charge is 0.508 e. The number of aromatic nitrogens is 1. The number of benzene rings is 2. The molecule has 0 radical (unpaired) electrons. The molecule has 1 heterocycles. The molecule has 0 aliphatic rings. The third kappa shape index (κ3) is 2.51. The molecule has 3 rings (SSSR count). The number of nitrogens with zero attached hydrogens (tertiary/aromatic N) is 1. The molecular formula is C16H13NOS. The Morgan fingerprint density at radius 3 is 2.58 bits per heavy atom. The molecule has 0 amide bonds. The molecule has 3 heteroatoms. The van der Waals surface area contributed by atoms with Crippen molar-refractivity contribution in [1.29, 1.82) is 0 Å². The molecule has 0 atom stereocenters. The van der Waals surface area contributed by atoms with Gasteiger partial charge in [-0.2, -0.15) is 0 Å². The first kappa shape index (κ1) is 11.9. The Labute approximate surface area is 115 Å². The van der Waals surface area contributed by atoms with Gasteiger partial charge in [-0.25, -0.2) is 4.98 Å². The number of para-hydroxylation sites is 1. The van der Waals surface area contributed by atoms with E-state index in [0.717, 1.165) is 16.1 Å². The van der Waals surface area contributed by atoms with Crippen molar-refractivity contribution < 1.29 is 5.11 Å². The molecule has 2 aromatic carbocycles. The number of hydrogen-bond acceptors (Lipinski definition) is 3. The standard InChI is InChI=1S/C16H13NOS/c1-11-3-2-4-14-16(11)17-15(19-14)10-7-12-5-8-13(18)9-6-12/h2-10,18H,1H3. The van der Waals surface area contributed by atoms with Crippen molar-refractivity contribution in [3.8, 4) is 5.75 Å². The van der Waals surface area contributed by atoms with Crippen LogP contribution in [-0.2, 0) is 0 Å². The van der Waals surface area contributed by atoms with Crippen LogP contribution in [0.5, 0.6) is 5.75 Å². The Balaban J connectivity index is 1.93. The van der Waals surface area contributed by atoms with Crippen molar-refractivity contribution in [2.45, 2.75) is 6.92 Å². The molecule has 0 saturated heterocycles. The summed E-state index contributed by atoms with van der Waals surface area (Å²) in [4.78, 5) is 4.63. The van der Waals surface area contributed by atoms with Gasteiger partial charge in [0, 0.05) is 0 Å². The fraction of sp³-hybridized carbons (Fsp3) is 0.0625. The van der Waals surface area contributed by atoms with Crippen molar-refractivity contribution in [2.24, 2.45) is 0 Å². The highest BCUT2D eigenvalue weighted by Crippen LogP contribution is 2.25. The molecule has 1 N–H and O–H groups in total. The predicted molar refractivity (Wildman–Crippen MR) is 81.4 cm³/mol. The molecule has 1 aromatic heterocycles. The summed E-state index contributed by atoms with van der Waals surface area (Å²) in [7, 11) is 0. The van der Waals surface area contributed by atoms with E-state index in [0.29, 0.717) is 0 Å². The minimum atomic E-state index is 0.285. The van der Waals surface area contributed by atoms with Crippen molar-refractivity contribution >= 4 is 33.7 Å². The number of hydrogen-bond donors (Lipinski definition) is 1. The van der Waals surface area contributed by atoms with E-state index in [1.165, 1.54) is 10.3 Å². The van der Waals surface area contributed by atoms with Crippen LogP contribution in [0.15, 0.2) is 42.5 Å². The first-order valence-corrected chi connectivity index (χ1v) is 6.87. The van der Waals surface area contributed by atoms with Crippen LogP contribution in [0.4, 0.5) is 0 Å². The smallest absolute Gasteiger partial charge is 0.117 e. The molecule has 0 bridgehead atoms. The lowest BCUT2D eigenvalue weighted by atomic mass is 10.2. The Morgan fingerprint density at radius 2 is 1.84 bits per heavy atom. The van der Waals surface area contributed by atoms with Gasteiger partial charge in [0.05, 0.1) is 10.2 Å². The summed E-state index contributed by atoms with van der Waals surface area (Å²) >= 11 is 1.69. The quantitative estimate of drug-likeness (QED) is 0.742. The molecule has 0 saturated carbocycles. The van der Waals surface area contributed by atoms with Crippen LogP contribution in [0.3, 0.4) is 0 Å². The van der Waals surface area contributed by atoms with Gasteiger partial charge in [-0.15, -0.1) is 11.3 Å². The fourth-order valence-corrected chi connectivity index (χ4v) is 2.88. The summed E-state index contributed by atoms with van der Waals surface area (Å²) in [5, 5.41) is 10.2. The molecule has 0 spiro atoms. The lowest BCUT2D eigenvalue weighted by molar-refractivity contribution is 0.475. The Hall–Kier alpha value is -2.13. The first-order valence-electron chi connectivity index (χ1n) is 6.06. The molecule has 94 valence electrons. The molecular weight excluding hydrogens is 254 g/mol. The van der Waals surface area contributed by atoms with Gasteiger partial charge in [-0.05, 0) is 42.3 Å². The van der Waals surface area contributed by atoms with Crippen molar-refractivity contribution in [3.63, 3.8) is 0 Å². The second-order valence-corrected chi connectivity index (χ2v) is 5.46. The van der Waals surface area contributed by atoms with E-state index in [2.05, 4.69) is 30.1 Å². The summed E-state index contributed by atoms with van der Waals surface area (Å²) < 4.78 is 1.21. The second-order valence-electron chi connectivity index (χ2n) is 4.40. The van der Waals surface area contributed by atoms with Crippen molar-refractivity contribution in [1.82, 2.24) is 4.98 Å². The van der Waals surface area contributed by atoms with Crippen LogP contribution in [0.1, 0.15) is 16.1 Å². The van der Waals surface area contributed by atoms with E-state index >= 15 is 0 Å². The number of phenolic OH excluding ortho intramolecular Hbond substituents is 1. The van der Waals surface area contributed by atoms with Crippen LogP contribution in [0.25, 0.3) is 22.4 Å². The fourth-order valence-electron chi connectivity index (χ4n) is 1.93. The highest BCUT2D eigenvalue weighted by molar-refractivity contribution is 7.19. The Bertz CT molecular complexity index is 741. The zero-order valence-electron chi connectivity index (χ0n) is 10.5. The van der Waals surface area contributed by atoms with E-state index in [4.69, 9.17) is 0 Å². The predicted octanol–water partition coefficient (Wildman–Crippen LogP) is 4.48. The molecule has 3 aromatic rings. The minimum absolute atomic E-state index is 0.285. The minimum Gasteiger partial charge on any atom is -0.508 e. The number of phenols is 1. The number of fused-ring (bicyclic) bond motifs is 1. The highest BCUT2D eigenvalue weighted by Gasteiger charge is 2.02. The SMILES string of the molecule is Cc1cccc2sc(C=Cc3ccc(O)cc3)nc12. The van der Waals surface area contributed by atoms with Crippen LogP contribution in [0.2, 0.25) is 0 Å². The zero-order chi connectivity index (χ0) is 13.2. The molecule has 0 unspecified atom stereocenters. The second kappa shape index (κ2) is 4.86. The number of thiazole rings is 1. The van der Waals surface area contributed by atoms with Crippen LogP contribution >= 0.6 is 11.3 Å². The van der Waals surface area contributed by atoms with Crippen molar-refractivity contribution in [2.75, 3.05) is 0 Å². The van der Waals surface area contributed by atoms with Gasteiger partial charge in [-0.1, -0.05) is 30.3 Å². The average Bonchev–Trinajstić information content (AvgIpc) is 2.83. The monoisotopic (exact) mass is 267 g/mol. The molecule has 0 aliphatic heterocycles. The van der Waals surface area contributed by atoms with E-state index in [1.54, 1.807) is 23.5 Å². The number of rotatable bonds is 2. The average molecular weight is 267 g/mol. The maximum atomic E-state index is 9.23. The summed E-state index contributed by atoms with van der Waals surface area (Å²) in [5.41, 5.74) is 3.34.